The van der Waals surface area contributed by atoms with Gasteiger partial charge in [0.1, 0.15) is 30.5 Å². The summed E-state index contributed by atoms with van der Waals surface area (Å²) in [5, 5.41) is 8.98. The van der Waals surface area contributed by atoms with Gasteiger partial charge in [0, 0.05) is 34.5 Å². The third-order valence-electron chi connectivity index (χ3n) is 6.45. The molecule has 270 valence electrons. The summed E-state index contributed by atoms with van der Waals surface area (Å²) in [7, 11) is 1.54. The molecule has 1 aromatic heterocycles. The molecule has 2 heterocycles. The summed E-state index contributed by atoms with van der Waals surface area (Å²) < 4.78 is 48.5. The van der Waals surface area contributed by atoms with Gasteiger partial charge >= 0.3 is 25.5 Å². The Kier molecular flexibility index (Phi) is 18.4. The molecular weight excluding hydrogens is 737 g/mol. The maximum atomic E-state index is 14.9. The molecule has 20 heteroatoms. The minimum Gasteiger partial charge on any atom is -0.464 e. The number of aliphatic hydroxyl groups excluding tert-OH is 1. The highest BCUT2D eigenvalue weighted by Crippen LogP contribution is 2.46. The minimum absolute atomic E-state index is 0.00555. The number of phosphoric acid groups is 1. The van der Waals surface area contributed by atoms with Crippen molar-refractivity contribution in [2.24, 2.45) is 10.8 Å². The van der Waals surface area contributed by atoms with Crippen LogP contribution in [0.25, 0.3) is 0 Å². The van der Waals surface area contributed by atoms with E-state index < -0.39 is 53.2 Å². The van der Waals surface area contributed by atoms with Gasteiger partial charge in [-0.25, -0.2) is 13.8 Å². The average molecular weight is 782 g/mol. The second kappa shape index (κ2) is 20.3. The highest BCUT2D eigenvalue weighted by atomic mass is 33.1. The molecule has 1 aromatic rings. The molecule has 0 aliphatic carbocycles. The van der Waals surface area contributed by atoms with E-state index >= 15 is 0 Å². The molecule has 1 unspecified atom stereocenters. The molecule has 1 fully saturated rings. The number of alkyl halides is 1. The second-order valence-electron chi connectivity index (χ2n) is 11.9. The number of ether oxygens (including phenoxy) is 2. The Morgan fingerprint density at radius 3 is 2.02 bits per heavy atom. The van der Waals surface area contributed by atoms with Crippen molar-refractivity contribution < 1.29 is 47.1 Å². The molecule has 0 spiro atoms. The van der Waals surface area contributed by atoms with Crippen LogP contribution in [0.1, 0.15) is 52.8 Å². The molecule has 13 nitrogen and oxygen atoms in total. The summed E-state index contributed by atoms with van der Waals surface area (Å²) in [6.45, 7) is 9.26. The lowest BCUT2D eigenvalue weighted by atomic mass is 9.86. The second-order valence-corrected chi connectivity index (χ2v) is 20.1. The van der Waals surface area contributed by atoms with Gasteiger partial charge in [0.2, 0.25) is 0 Å². The van der Waals surface area contributed by atoms with E-state index in [1.54, 1.807) is 34.6 Å². The number of rotatable bonds is 21. The van der Waals surface area contributed by atoms with Gasteiger partial charge in [-0.2, -0.15) is 4.98 Å². The van der Waals surface area contributed by atoms with Gasteiger partial charge in [-0.15, -0.1) is 11.8 Å². The monoisotopic (exact) mass is 781 g/mol. The predicted octanol–water partition coefficient (Wildman–Crippen LogP) is 4.97. The molecule has 47 heavy (non-hydrogen) atoms. The van der Waals surface area contributed by atoms with E-state index in [1.165, 1.54) is 55.4 Å². The summed E-state index contributed by atoms with van der Waals surface area (Å²) in [4.78, 5) is 49.9. The number of phosphoric ester groups is 1. The summed E-state index contributed by atoms with van der Waals surface area (Å²) in [5.41, 5.74) is 3.39. The highest BCUT2D eigenvalue weighted by molar-refractivity contribution is 8.77. The lowest BCUT2D eigenvalue weighted by Gasteiger charge is -2.24. The molecule has 4 N–H and O–H groups in total. The molecule has 1 aliphatic heterocycles. The van der Waals surface area contributed by atoms with Gasteiger partial charge in [-0.05, 0) is 53.5 Å². The fraction of sp³-hybridized carbons (Fsp3) is 0.778. The lowest BCUT2D eigenvalue weighted by Crippen LogP contribution is -2.33. The largest absolute Gasteiger partial charge is 0.472 e. The zero-order chi connectivity index (χ0) is 35.3. The van der Waals surface area contributed by atoms with Crippen LogP contribution >= 0.6 is 62.8 Å². The van der Waals surface area contributed by atoms with Gasteiger partial charge in [0.05, 0.1) is 24.0 Å². The Balaban J connectivity index is 1.53. The topological polar surface area (TPSA) is 190 Å². The molecule has 0 bridgehead atoms. The standard InChI is InChI=1S/C27H45FN3O10PS5/c1-26(2,3)23(33)38-10-14-43-45-16-12-40-42(36,37)41-13-17-46-44-15-11-39-24(34)27(4,5)8-6-18-21(32)20(28)22(47-18)31-9-7-19(29)30-25(31)35/h7,9,18,20-22,32H,6,8,10-17H2,1-5H3,(H,36,37)(H2,29,30,35)/t18-,20+,21-,22-/m1/s1. The Bertz CT molecular complexity index is 1260. The molecule has 0 radical (unpaired) electrons. The Hall–Kier alpha value is -0.630. The van der Waals surface area contributed by atoms with E-state index in [0.29, 0.717) is 42.5 Å². The van der Waals surface area contributed by atoms with Crippen LogP contribution < -0.4 is 11.4 Å². The van der Waals surface area contributed by atoms with Crippen molar-refractivity contribution in [2.75, 3.05) is 55.2 Å². The molecule has 5 atom stereocenters. The Morgan fingerprint density at radius 2 is 1.51 bits per heavy atom. The van der Waals surface area contributed by atoms with Gasteiger partial charge < -0.3 is 25.2 Å². The van der Waals surface area contributed by atoms with Crippen LogP contribution in [0.5, 0.6) is 0 Å². The first-order valence-corrected chi connectivity index (χ1v) is 22.1. The quantitative estimate of drug-likeness (QED) is 0.0655. The van der Waals surface area contributed by atoms with Crippen LogP contribution in [0, 0.1) is 10.8 Å². The van der Waals surface area contributed by atoms with Crippen molar-refractivity contribution in [3.8, 4) is 0 Å². The number of esters is 2. The first kappa shape index (κ1) is 42.5. The van der Waals surface area contributed by atoms with Crippen LogP contribution in [-0.4, -0.2) is 98.5 Å². The van der Waals surface area contributed by atoms with Crippen LogP contribution in [-0.2, 0) is 32.7 Å². The van der Waals surface area contributed by atoms with Crippen molar-refractivity contribution in [1.82, 2.24) is 9.55 Å². The fourth-order valence-corrected chi connectivity index (χ4v) is 9.58. The van der Waals surface area contributed by atoms with Crippen LogP contribution in [0.3, 0.4) is 0 Å². The van der Waals surface area contributed by atoms with Gasteiger partial charge in [0.15, 0.2) is 6.17 Å². The zero-order valence-corrected chi connectivity index (χ0v) is 32.0. The highest BCUT2D eigenvalue weighted by Gasteiger charge is 2.46. The summed E-state index contributed by atoms with van der Waals surface area (Å²) in [5.74, 6) is 1.28. The lowest BCUT2D eigenvalue weighted by molar-refractivity contribution is -0.154. The number of hydrogen-bond donors (Lipinski definition) is 3. The first-order chi connectivity index (χ1) is 21.9. The first-order valence-electron chi connectivity index (χ1n) is 14.7. The van der Waals surface area contributed by atoms with E-state index in [1.807, 2.05) is 0 Å². The maximum Gasteiger partial charge on any atom is 0.472 e. The molecule has 0 aromatic carbocycles. The third kappa shape index (κ3) is 15.4. The zero-order valence-electron chi connectivity index (χ0n) is 27.0. The Morgan fingerprint density at radius 1 is 1.00 bits per heavy atom. The van der Waals surface area contributed by atoms with E-state index in [4.69, 9.17) is 24.3 Å². The number of nitrogens with zero attached hydrogens (tertiary/aromatic N) is 2. The van der Waals surface area contributed by atoms with Gasteiger partial charge in [-0.1, -0.05) is 43.2 Å². The minimum atomic E-state index is -4.17. The predicted molar refractivity (Wildman–Crippen MR) is 190 cm³/mol. The number of anilines is 1. The number of hydrogen-bond acceptors (Lipinski definition) is 16. The number of carbonyl (C=O) groups is 2. The van der Waals surface area contributed by atoms with E-state index in [9.17, 15) is 33.3 Å². The smallest absolute Gasteiger partial charge is 0.464 e. The van der Waals surface area contributed by atoms with Crippen LogP contribution in [0.4, 0.5) is 10.2 Å². The van der Waals surface area contributed by atoms with Gasteiger partial charge in [-0.3, -0.25) is 23.2 Å². The number of carbonyl (C=O) groups excluding carboxylic acids is 2. The molecule has 0 saturated carbocycles. The molecule has 2 rings (SSSR count). The molecule has 1 aliphatic rings. The van der Waals surface area contributed by atoms with Crippen molar-refractivity contribution in [3.05, 3.63) is 22.7 Å². The number of aromatic nitrogens is 2. The number of nitrogens with two attached hydrogens (primary N) is 1. The number of nitrogen functional groups attached to an aromatic ring is 1. The summed E-state index contributed by atoms with van der Waals surface area (Å²) in [6, 6.07) is 1.39. The Labute approximate surface area is 294 Å². The summed E-state index contributed by atoms with van der Waals surface area (Å²) >= 11 is 1.13. The van der Waals surface area contributed by atoms with Crippen molar-refractivity contribution in [2.45, 2.75) is 70.4 Å². The van der Waals surface area contributed by atoms with Crippen molar-refractivity contribution in [3.63, 3.8) is 0 Å². The SMILES string of the molecule is CC(C)(C)C(=O)OCCSSCCOP(=O)(O)OCCSSCCOC(=O)C(C)(C)CC[C@H]1S[C@@H](n2ccc(N)nc2=O)[C@@H](F)[C@@H]1O. The van der Waals surface area contributed by atoms with E-state index in [-0.39, 0.29) is 31.6 Å². The van der Waals surface area contributed by atoms with Gasteiger partial charge in [0.25, 0.3) is 0 Å². The van der Waals surface area contributed by atoms with Crippen LogP contribution in [0.2, 0.25) is 0 Å². The number of thioether (sulfide) groups is 1. The molecular formula is C27H45FN3O10PS5. The normalized spacial score (nSPS) is 21.4. The molecule has 1 saturated heterocycles. The average Bonchev–Trinajstić information content (AvgIpc) is 3.26. The molecule has 0 amide bonds. The van der Waals surface area contributed by atoms with Crippen LogP contribution in [0.15, 0.2) is 17.1 Å². The number of halogens is 1. The fourth-order valence-electron chi connectivity index (χ4n) is 3.79. The third-order valence-corrected chi connectivity index (χ3v) is 13.8. The van der Waals surface area contributed by atoms with E-state index in [2.05, 4.69) is 4.98 Å². The summed E-state index contributed by atoms with van der Waals surface area (Å²) in [6.07, 6.45) is -0.963. The van der Waals surface area contributed by atoms with Crippen molar-refractivity contribution >= 4 is 80.5 Å². The maximum absolute atomic E-state index is 14.9. The number of aliphatic hydroxyl groups is 1. The van der Waals surface area contributed by atoms with E-state index in [0.717, 1.165) is 16.3 Å². The van der Waals surface area contributed by atoms with Crippen molar-refractivity contribution in [1.29, 1.82) is 0 Å².